The minimum Gasteiger partial charge on any atom is -0.480 e. The van der Waals surface area contributed by atoms with Crippen LogP contribution in [0.3, 0.4) is 0 Å². The number of pyridine rings is 2. The molecular formula is C62H82N14O16S2. The molecule has 0 radical (unpaired) electrons. The van der Waals surface area contributed by atoms with Crippen LogP contribution in [-0.2, 0) is 51.2 Å². The average Bonchev–Trinajstić information content (AvgIpc) is 0.769. The lowest BCUT2D eigenvalue weighted by Gasteiger charge is -2.36. The van der Waals surface area contributed by atoms with Crippen molar-refractivity contribution in [2.45, 2.75) is 49.9 Å². The van der Waals surface area contributed by atoms with E-state index in [-0.39, 0.29) is 167 Å². The Kier molecular flexibility index (Phi) is 28.2. The van der Waals surface area contributed by atoms with Crippen molar-refractivity contribution in [1.82, 2.24) is 59.8 Å². The Hall–Kier alpha value is -8.44. The maximum absolute atomic E-state index is 13.0. The topological polar surface area (TPSA) is 398 Å². The van der Waals surface area contributed by atoms with Crippen LogP contribution >= 0.6 is 24.4 Å². The molecule has 7 rings (SSSR count). The van der Waals surface area contributed by atoms with Crippen LogP contribution < -0.4 is 21.3 Å². The second kappa shape index (κ2) is 36.3. The number of aryl methyl sites for hydroxylation is 2. The number of nitrogens with zero attached hydrogens (tertiary/aromatic N) is 10. The van der Waals surface area contributed by atoms with Crippen molar-refractivity contribution in [2.75, 3.05) is 155 Å². The molecule has 12 N–H and O–H groups in total. The molecule has 32 heteroatoms. The van der Waals surface area contributed by atoms with Gasteiger partial charge in [0.2, 0.25) is 0 Å². The number of anilines is 2. The molecule has 30 nitrogen and oxygen atoms in total. The summed E-state index contributed by atoms with van der Waals surface area (Å²) in [5.74, 6) is -8.69. The number of aliphatic carboxylic acids is 8. The van der Waals surface area contributed by atoms with E-state index in [4.69, 9.17) is 34.4 Å². The molecule has 2 aromatic heterocycles. The smallest absolute Gasteiger partial charge is 0.320 e. The summed E-state index contributed by atoms with van der Waals surface area (Å²) in [5, 5.41) is 93.0. The lowest BCUT2D eigenvalue weighted by atomic mass is 9.84. The van der Waals surface area contributed by atoms with Crippen LogP contribution in [0.4, 0.5) is 11.4 Å². The summed E-state index contributed by atoms with van der Waals surface area (Å²) in [5.41, 5.74) is 5.73. The van der Waals surface area contributed by atoms with Crippen molar-refractivity contribution in [1.29, 1.82) is 0 Å². The van der Waals surface area contributed by atoms with Crippen LogP contribution in [-0.4, -0.2) is 304 Å². The fourth-order valence-electron chi connectivity index (χ4n) is 11.9. The van der Waals surface area contributed by atoms with Crippen molar-refractivity contribution in [3.05, 3.63) is 107 Å². The second-order valence-electron chi connectivity index (χ2n) is 23.3. The van der Waals surface area contributed by atoms with E-state index in [1.54, 1.807) is 51.6 Å². The van der Waals surface area contributed by atoms with Gasteiger partial charge in [0.05, 0.1) is 62.7 Å². The second-order valence-corrected chi connectivity index (χ2v) is 24.1. The summed E-state index contributed by atoms with van der Waals surface area (Å²) in [4.78, 5) is 119. The number of benzene rings is 2. The predicted molar refractivity (Wildman–Crippen MR) is 352 cm³/mol. The van der Waals surface area contributed by atoms with Gasteiger partial charge >= 0.3 is 47.8 Å². The van der Waals surface area contributed by atoms with Gasteiger partial charge in [0.25, 0.3) is 0 Å². The molecule has 2 saturated heterocycles. The molecule has 0 bridgehead atoms. The average molecular weight is 1340 g/mol. The minimum absolute atomic E-state index is 0.155. The molecule has 508 valence electrons. The van der Waals surface area contributed by atoms with Gasteiger partial charge in [-0.2, -0.15) is 0 Å². The van der Waals surface area contributed by atoms with E-state index >= 15 is 0 Å². The molecule has 4 atom stereocenters. The third-order valence-electron chi connectivity index (χ3n) is 16.7. The van der Waals surface area contributed by atoms with E-state index in [1.807, 2.05) is 72.8 Å². The lowest BCUT2D eigenvalue weighted by Crippen LogP contribution is -2.51. The summed E-state index contributed by atoms with van der Waals surface area (Å²) in [6.45, 7) is 0.922. The molecule has 1 aliphatic carbocycles. The normalized spacial score (nSPS) is 18.9. The summed E-state index contributed by atoms with van der Waals surface area (Å²) in [6, 6.07) is 19.0. The van der Waals surface area contributed by atoms with Crippen molar-refractivity contribution in [3.63, 3.8) is 0 Å². The minimum atomic E-state index is -1.09. The third kappa shape index (κ3) is 23.5. The highest BCUT2D eigenvalue weighted by molar-refractivity contribution is 7.80. The number of nitrogens with one attached hydrogen (secondary N) is 4. The van der Waals surface area contributed by atoms with Gasteiger partial charge in [0, 0.05) is 140 Å². The Bertz CT molecular complexity index is 3010. The maximum atomic E-state index is 13.0. The van der Waals surface area contributed by atoms with Crippen molar-refractivity contribution in [3.8, 4) is 11.4 Å². The molecule has 3 aliphatic rings. The van der Waals surface area contributed by atoms with Crippen LogP contribution in [0.25, 0.3) is 11.4 Å². The van der Waals surface area contributed by atoms with E-state index in [2.05, 4.69) is 21.3 Å². The fraction of sp³-hybridized carbons (Fsp3) is 0.484. The molecule has 0 spiro atoms. The number of carbonyl (C=O) groups is 8. The Labute approximate surface area is 553 Å². The van der Waals surface area contributed by atoms with Crippen LogP contribution in [0.15, 0.2) is 85.2 Å². The number of carboxylic acid groups (broad SMARTS) is 8. The molecule has 2 aliphatic heterocycles. The molecule has 4 aromatic rings. The Morgan fingerprint density at radius 3 is 0.894 bits per heavy atom. The number of rotatable bonds is 26. The van der Waals surface area contributed by atoms with E-state index < -0.39 is 71.9 Å². The summed E-state index contributed by atoms with van der Waals surface area (Å²) in [6.07, 6.45) is 4.39. The van der Waals surface area contributed by atoms with E-state index in [1.165, 1.54) is 0 Å². The number of hydrogen-bond donors (Lipinski definition) is 12. The summed E-state index contributed by atoms with van der Waals surface area (Å²) >= 11 is 11.9. The highest BCUT2D eigenvalue weighted by Gasteiger charge is 2.37. The van der Waals surface area contributed by atoms with Crippen molar-refractivity contribution >= 4 is 93.8 Å². The SMILES string of the molecule is O=C(O)CN1CCN(CC(=O)O)CCN(C(CCc2ccc(NC(=S)N[C@@H]3c4cccnc4-c4ncccc4[C@H]3NC(=S)Nc3ccc(CCC(C(=O)O)N4CCN(CC(=O)O)CCN(CC(=O)O)CCN(CC(=O)O)CC4)cc3)cc2)C(=O)O)CCN(CC(=O)O)CC1. The van der Waals surface area contributed by atoms with Gasteiger partial charge in [0.15, 0.2) is 10.2 Å². The largest absolute Gasteiger partial charge is 0.480 e. The van der Waals surface area contributed by atoms with E-state index in [0.29, 0.717) is 35.6 Å². The van der Waals surface area contributed by atoms with Crippen LogP contribution in [0.2, 0.25) is 0 Å². The van der Waals surface area contributed by atoms with Gasteiger partial charge < -0.3 is 62.1 Å². The number of thiocarbonyl (C=S) groups is 2. The number of hydrogen-bond acceptors (Lipinski definition) is 20. The van der Waals surface area contributed by atoms with Crippen LogP contribution in [0, 0.1) is 0 Å². The number of aromatic nitrogens is 2. The van der Waals surface area contributed by atoms with Gasteiger partial charge in [-0.25, -0.2) is 0 Å². The van der Waals surface area contributed by atoms with Gasteiger partial charge in [-0.3, -0.25) is 87.5 Å². The Morgan fingerprint density at radius 2 is 0.649 bits per heavy atom. The third-order valence-corrected chi connectivity index (χ3v) is 17.1. The monoisotopic (exact) mass is 1340 g/mol. The Morgan fingerprint density at radius 1 is 0.394 bits per heavy atom. The molecule has 2 unspecified atom stereocenters. The zero-order valence-electron chi connectivity index (χ0n) is 51.9. The first-order valence-corrected chi connectivity index (χ1v) is 31.6. The molecule has 0 amide bonds. The summed E-state index contributed by atoms with van der Waals surface area (Å²) in [7, 11) is 0. The van der Waals surface area contributed by atoms with Crippen molar-refractivity contribution < 1.29 is 79.2 Å². The summed E-state index contributed by atoms with van der Waals surface area (Å²) < 4.78 is 0. The molecule has 94 heavy (non-hydrogen) atoms. The number of fused-ring (bicyclic) bond motifs is 3. The molecule has 2 aromatic carbocycles. The quantitative estimate of drug-likeness (QED) is 0.0389. The lowest BCUT2D eigenvalue weighted by molar-refractivity contribution is -0.145. The Balaban J connectivity index is 0.989. The standard InChI is InChI=1S/C62H82N14O16S2/c77-49(78)35-69-19-23-71(37-51(81)82)27-31-75(32-28-72(24-20-69)38-52(83)84)47(59(89)90)15-9-41-5-11-43(12-6-41)65-61(93)67-57-45-3-1-17-63-55(45)56-46(4-2-18-64-56)58(57)68-62(94)66-44-13-7-42(8-14-44)10-16-48(60(91)92)76-33-29-73(39-53(85)86)25-21-70(36-50(79)80)22-26-74(30-34-76)40-54(87)88/h1-8,11-14,17-18,47-48,57-58H,9-10,15-16,19-40H2,(H,77,78)(H,79,80)(H,81,82)(H,83,84)(H,85,86)(H,87,88)(H,89,90)(H,91,92)(H2,65,67,93)(H2,66,68,94)/t47?,48?,57-,58-/m1/s1. The maximum Gasteiger partial charge on any atom is 0.320 e. The first-order valence-electron chi connectivity index (χ1n) is 30.8. The van der Waals surface area contributed by atoms with Gasteiger partial charge in [-0.1, -0.05) is 36.4 Å². The fourth-order valence-corrected chi connectivity index (χ4v) is 12.4. The molecular weight excluding hydrogens is 1260 g/mol. The number of carboxylic acids is 8. The zero-order chi connectivity index (χ0) is 67.8. The molecule has 4 heterocycles. The van der Waals surface area contributed by atoms with Gasteiger partial charge in [-0.05, 0) is 97.6 Å². The highest BCUT2D eigenvalue weighted by atomic mass is 32.1. The van der Waals surface area contributed by atoms with Gasteiger partial charge in [0.1, 0.15) is 12.1 Å². The first kappa shape index (κ1) is 73.0. The van der Waals surface area contributed by atoms with E-state index in [9.17, 15) is 79.2 Å². The highest BCUT2D eigenvalue weighted by Crippen LogP contribution is 2.42. The van der Waals surface area contributed by atoms with Gasteiger partial charge in [-0.15, -0.1) is 0 Å². The molecule has 2 fully saturated rings. The van der Waals surface area contributed by atoms with Crippen LogP contribution in [0.1, 0.15) is 47.2 Å². The predicted octanol–water partition coefficient (Wildman–Crippen LogP) is 0.935. The van der Waals surface area contributed by atoms with E-state index in [0.717, 1.165) is 22.3 Å². The van der Waals surface area contributed by atoms with Crippen molar-refractivity contribution in [2.24, 2.45) is 0 Å². The van der Waals surface area contributed by atoms with Crippen LogP contribution in [0.5, 0.6) is 0 Å². The first-order chi connectivity index (χ1) is 45.0. The molecule has 0 saturated carbocycles. The zero-order valence-corrected chi connectivity index (χ0v) is 53.5.